The van der Waals surface area contributed by atoms with Crippen molar-refractivity contribution in [2.45, 2.75) is 20.8 Å². The third-order valence-corrected chi connectivity index (χ3v) is 3.57. The van der Waals surface area contributed by atoms with Gasteiger partial charge in [-0.3, -0.25) is 9.59 Å². The Bertz CT molecular complexity index is 795. The van der Waals surface area contributed by atoms with Crippen molar-refractivity contribution >= 4 is 28.9 Å². The van der Waals surface area contributed by atoms with Crippen LogP contribution < -0.4 is 16.5 Å². The standard InChI is InChI=1S/C19H22N4O2/c1-12(2)18(24)21-17-9-7-14(8-10-17)19(25)23-22-13(3)15-5-4-6-16(20)11-15/h4-12H,20H2,1-3H3,(H,21,24)(H,23,25)/b22-13+. The molecule has 0 aromatic heterocycles. The first-order valence-electron chi connectivity index (χ1n) is 7.98. The highest BCUT2D eigenvalue weighted by atomic mass is 16.2. The van der Waals surface area contributed by atoms with Crippen LogP contribution in [-0.2, 0) is 4.79 Å². The van der Waals surface area contributed by atoms with Crippen molar-refractivity contribution in [2.24, 2.45) is 11.0 Å². The molecule has 2 aromatic rings. The minimum atomic E-state index is -0.329. The number of rotatable bonds is 5. The summed E-state index contributed by atoms with van der Waals surface area (Å²) in [6.07, 6.45) is 0. The number of hydrazone groups is 1. The predicted octanol–water partition coefficient (Wildman–Crippen LogP) is 3.02. The van der Waals surface area contributed by atoms with Gasteiger partial charge in [0, 0.05) is 22.9 Å². The minimum absolute atomic E-state index is 0.0699. The van der Waals surface area contributed by atoms with E-state index in [1.165, 1.54) is 0 Å². The molecular weight excluding hydrogens is 316 g/mol. The van der Waals surface area contributed by atoms with Crippen LogP contribution in [0.3, 0.4) is 0 Å². The van der Waals surface area contributed by atoms with E-state index in [4.69, 9.17) is 5.73 Å². The highest BCUT2D eigenvalue weighted by molar-refractivity contribution is 6.01. The van der Waals surface area contributed by atoms with Gasteiger partial charge in [-0.15, -0.1) is 0 Å². The maximum atomic E-state index is 12.2. The summed E-state index contributed by atoms with van der Waals surface area (Å²) >= 11 is 0. The van der Waals surface area contributed by atoms with E-state index in [1.54, 1.807) is 43.3 Å². The van der Waals surface area contributed by atoms with E-state index in [1.807, 2.05) is 26.0 Å². The number of carbonyl (C=O) groups excluding carboxylic acids is 2. The molecule has 6 nitrogen and oxygen atoms in total. The number of nitrogen functional groups attached to an aromatic ring is 1. The van der Waals surface area contributed by atoms with E-state index in [0.29, 0.717) is 22.6 Å². The number of anilines is 2. The lowest BCUT2D eigenvalue weighted by molar-refractivity contribution is -0.118. The second-order valence-corrected chi connectivity index (χ2v) is 5.98. The highest BCUT2D eigenvalue weighted by Gasteiger charge is 2.09. The molecule has 0 unspecified atom stereocenters. The molecule has 0 saturated heterocycles. The van der Waals surface area contributed by atoms with Gasteiger partial charge in [-0.05, 0) is 48.9 Å². The number of hydrogen-bond donors (Lipinski definition) is 3. The van der Waals surface area contributed by atoms with Crippen molar-refractivity contribution < 1.29 is 9.59 Å². The number of benzene rings is 2. The Morgan fingerprint density at radius 1 is 1.04 bits per heavy atom. The number of amides is 2. The molecule has 0 radical (unpaired) electrons. The van der Waals surface area contributed by atoms with E-state index in [9.17, 15) is 9.59 Å². The molecule has 0 atom stereocenters. The van der Waals surface area contributed by atoms with E-state index < -0.39 is 0 Å². The Morgan fingerprint density at radius 3 is 2.32 bits per heavy atom. The van der Waals surface area contributed by atoms with Gasteiger partial charge in [0.1, 0.15) is 0 Å². The Hall–Kier alpha value is -3.15. The topological polar surface area (TPSA) is 96.6 Å². The molecule has 0 fully saturated rings. The molecule has 0 aliphatic carbocycles. The van der Waals surface area contributed by atoms with Crippen LogP contribution in [0.4, 0.5) is 11.4 Å². The summed E-state index contributed by atoms with van der Waals surface area (Å²) < 4.78 is 0. The number of hydrogen-bond acceptors (Lipinski definition) is 4. The molecule has 2 aromatic carbocycles. The summed E-state index contributed by atoms with van der Waals surface area (Å²) in [5.41, 5.74) is 11.5. The monoisotopic (exact) mass is 338 g/mol. The van der Waals surface area contributed by atoms with Crippen molar-refractivity contribution in [3.63, 3.8) is 0 Å². The average molecular weight is 338 g/mol. The molecule has 0 heterocycles. The van der Waals surface area contributed by atoms with Crippen LogP contribution >= 0.6 is 0 Å². The third kappa shape index (κ3) is 5.17. The van der Waals surface area contributed by atoms with Gasteiger partial charge in [0.25, 0.3) is 5.91 Å². The Balaban J connectivity index is 2.01. The molecule has 0 aliphatic heterocycles. The first kappa shape index (κ1) is 18.2. The van der Waals surface area contributed by atoms with Crippen LogP contribution in [0.5, 0.6) is 0 Å². The molecular formula is C19H22N4O2. The zero-order valence-corrected chi connectivity index (χ0v) is 14.5. The summed E-state index contributed by atoms with van der Waals surface area (Å²) in [5, 5.41) is 6.87. The smallest absolute Gasteiger partial charge is 0.271 e. The zero-order valence-electron chi connectivity index (χ0n) is 14.5. The molecule has 2 amide bonds. The molecule has 0 spiro atoms. The summed E-state index contributed by atoms with van der Waals surface area (Å²) in [5.74, 6) is -0.503. The fraction of sp³-hybridized carbons (Fsp3) is 0.211. The minimum Gasteiger partial charge on any atom is -0.399 e. The number of carbonyl (C=O) groups is 2. The summed E-state index contributed by atoms with van der Waals surface area (Å²) in [7, 11) is 0. The zero-order chi connectivity index (χ0) is 18.4. The van der Waals surface area contributed by atoms with Gasteiger partial charge in [-0.1, -0.05) is 26.0 Å². The molecule has 6 heteroatoms. The molecule has 0 saturated carbocycles. The normalized spacial score (nSPS) is 11.3. The van der Waals surface area contributed by atoms with Gasteiger partial charge in [-0.2, -0.15) is 5.10 Å². The predicted molar refractivity (Wildman–Crippen MR) is 100 cm³/mol. The van der Waals surface area contributed by atoms with E-state index >= 15 is 0 Å². The fourth-order valence-electron chi connectivity index (χ4n) is 2.02. The van der Waals surface area contributed by atoms with Gasteiger partial charge < -0.3 is 11.1 Å². The van der Waals surface area contributed by atoms with Crippen LogP contribution in [0.1, 0.15) is 36.7 Å². The Morgan fingerprint density at radius 2 is 1.72 bits per heavy atom. The average Bonchev–Trinajstić information content (AvgIpc) is 2.59. The lowest BCUT2D eigenvalue weighted by atomic mass is 10.1. The van der Waals surface area contributed by atoms with Crippen LogP contribution in [0.25, 0.3) is 0 Å². The molecule has 0 bridgehead atoms. The molecule has 130 valence electrons. The second kappa shape index (κ2) is 8.10. The third-order valence-electron chi connectivity index (χ3n) is 3.57. The van der Waals surface area contributed by atoms with Crippen molar-refractivity contribution in [3.05, 3.63) is 59.7 Å². The van der Waals surface area contributed by atoms with E-state index in [0.717, 1.165) is 5.56 Å². The largest absolute Gasteiger partial charge is 0.399 e. The maximum absolute atomic E-state index is 12.2. The van der Waals surface area contributed by atoms with Gasteiger partial charge in [0.15, 0.2) is 0 Å². The van der Waals surface area contributed by atoms with Crippen molar-refractivity contribution in [1.29, 1.82) is 0 Å². The van der Waals surface area contributed by atoms with Gasteiger partial charge in [0.05, 0.1) is 5.71 Å². The lowest BCUT2D eigenvalue weighted by Gasteiger charge is -2.08. The summed E-state index contributed by atoms with van der Waals surface area (Å²) in [6, 6.07) is 13.9. The van der Waals surface area contributed by atoms with Crippen LogP contribution in [0.2, 0.25) is 0 Å². The molecule has 2 rings (SSSR count). The highest BCUT2D eigenvalue weighted by Crippen LogP contribution is 2.11. The van der Waals surface area contributed by atoms with E-state index in [2.05, 4.69) is 15.8 Å². The summed E-state index contributed by atoms with van der Waals surface area (Å²) in [4.78, 5) is 23.8. The molecule has 0 aliphatic rings. The van der Waals surface area contributed by atoms with Gasteiger partial charge >= 0.3 is 0 Å². The van der Waals surface area contributed by atoms with Crippen LogP contribution in [0.15, 0.2) is 53.6 Å². The van der Waals surface area contributed by atoms with Crippen molar-refractivity contribution in [1.82, 2.24) is 5.43 Å². The number of nitrogens with zero attached hydrogens (tertiary/aromatic N) is 1. The Kier molecular flexibility index (Phi) is 5.89. The van der Waals surface area contributed by atoms with Gasteiger partial charge in [0.2, 0.25) is 5.91 Å². The molecule has 25 heavy (non-hydrogen) atoms. The number of nitrogens with two attached hydrogens (primary N) is 1. The SMILES string of the molecule is C/C(=N\NC(=O)c1ccc(NC(=O)C(C)C)cc1)c1cccc(N)c1. The summed E-state index contributed by atoms with van der Waals surface area (Å²) in [6.45, 7) is 5.43. The molecule has 4 N–H and O–H groups in total. The Labute approximate surface area is 147 Å². The lowest BCUT2D eigenvalue weighted by Crippen LogP contribution is -2.20. The first-order valence-corrected chi connectivity index (χ1v) is 7.98. The van der Waals surface area contributed by atoms with E-state index in [-0.39, 0.29) is 17.7 Å². The van der Waals surface area contributed by atoms with Crippen molar-refractivity contribution in [2.75, 3.05) is 11.1 Å². The first-order chi connectivity index (χ1) is 11.9. The second-order valence-electron chi connectivity index (χ2n) is 5.98. The maximum Gasteiger partial charge on any atom is 0.271 e. The quantitative estimate of drug-likeness (QED) is 0.444. The number of nitrogens with one attached hydrogen (secondary N) is 2. The van der Waals surface area contributed by atoms with Crippen LogP contribution in [-0.4, -0.2) is 17.5 Å². The van der Waals surface area contributed by atoms with Gasteiger partial charge in [-0.25, -0.2) is 5.43 Å². The van der Waals surface area contributed by atoms with Crippen LogP contribution in [0, 0.1) is 5.92 Å². The van der Waals surface area contributed by atoms with Crippen molar-refractivity contribution in [3.8, 4) is 0 Å². The fourth-order valence-corrected chi connectivity index (χ4v) is 2.02.